The van der Waals surface area contributed by atoms with Crippen LogP contribution in [0.1, 0.15) is 59.6 Å². The smallest absolute Gasteiger partial charge is 0.230 e. The number of benzene rings is 1. The molecule has 0 saturated heterocycles. The number of allylic oxidation sites excluding steroid dienone is 1. The Morgan fingerprint density at radius 3 is 2.32 bits per heavy atom. The van der Waals surface area contributed by atoms with Crippen LogP contribution in [0.4, 0.5) is 0 Å². The van der Waals surface area contributed by atoms with Crippen molar-refractivity contribution in [3.05, 3.63) is 41.5 Å². The van der Waals surface area contributed by atoms with Gasteiger partial charge in [-0.2, -0.15) is 0 Å². The van der Waals surface area contributed by atoms with E-state index in [0.717, 1.165) is 16.8 Å². The molecule has 1 rings (SSSR count). The van der Waals surface area contributed by atoms with E-state index >= 15 is 0 Å². The van der Waals surface area contributed by atoms with Crippen LogP contribution in [0.25, 0.3) is 5.70 Å². The first kappa shape index (κ1) is 20.8. The number of carbonyl (C=O) groups excluding carboxylic acids is 2. The van der Waals surface area contributed by atoms with Gasteiger partial charge in [-0.25, -0.2) is 0 Å². The van der Waals surface area contributed by atoms with E-state index in [0.29, 0.717) is 0 Å². The maximum Gasteiger partial charge on any atom is 0.230 e. The van der Waals surface area contributed by atoms with E-state index in [1.807, 2.05) is 71.9 Å². The van der Waals surface area contributed by atoms with Crippen LogP contribution in [-0.2, 0) is 15.0 Å². The number of amides is 1. The average molecular weight is 342 g/mol. The zero-order chi connectivity index (χ0) is 19.2. The second-order valence-electron chi connectivity index (χ2n) is 7.07. The number of carbonyl (C=O) groups is 2. The summed E-state index contributed by atoms with van der Waals surface area (Å²) in [6.07, 6.45) is 3.69. The number of rotatable bonds is 7. The lowest BCUT2D eigenvalue weighted by Crippen LogP contribution is -2.49. The van der Waals surface area contributed by atoms with Gasteiger partial charge in [-0.3, -0.25) is 14.6 Å². The lowest BCUT2D eigenvalue weighted by atomic mass is 9.82. The van der Waals surface area contributed by atoms with Crippen molar-refractivity contribution in [3.8, 4) is 0 Å². The third-order valence-corrected chi connectivity index (χ3v) is 4.38. The van der Waals surface area contributed by atoms with Crippen molar-refractivity contribution in [2.24, 2.45) is 10.9 Å². The van der Waals surface area contributed by atoms with E-state index in [-0.39, 0.29) is 17.6 Å². The first-order valence-electron chi connectivity index (χ1n) is 8.72. The molecule has 0 aliphatic carbocycles. The van der Waals surface area contributed by atoms with Gasteiger partial charge in [0.2, 0.25) is 5.91 Å². The van der Waals surface area contributed by atoms with Gasteiger partial charge in [0.05, 0.1) is 17.2 Å². The Bertz CT molecular complexity index is 685. The molecule has 136 valence electrons. The van der Waals surface area contributed by atoms with E-state index < -0.39 is 11.5 Å². The summed E-state index contributed by atoms with van der Waals surface area (Å²) in [5, 5.41) is 2.91. The highest BCUT2D eigenvalue weighted by Gasteiger charge is 2.33. The normalized spacial score (nSPS) is 14.0. The summed E-state index contributed by atoms with van der Waals surface area (Å²) in [7, 11) is 0. The highest BCUT2D eigenvalue weighted by atomic mass is 16.2. The summed E-state index contributed by atoms with van der Waals surface area (Å²) in [5.74, 6) is -0.127. The van der Waals surface area contributed by atoms with Crippen LogP contribution in [0, 0.1) is 5.92 Å². The van der Waals surface area contributed by atoms with Crippen LogP contribution < -0.4 is 5.32 Å². The zero-order valence-corrected chi connectivity index (χ0v) is 16.4. The minimum atomic E-state index is -0.757. The molecule has 0 aliphatic heterocycles. The van der Waals surface area contributed by atoms with Crippen LogP contribution in [-0.4, -0.2) is 23.9 Å². The molecule has 0 aliphatic rings. The van der Waals surface area contributed by atoms with Gasteiger partial charge in [0.1, 0.15) is 0 Å². The van der Waals surface area contributed by atoms with E-state index in [1.165, 1.54) is 6.92 Å². The maximum absolute atomic E-state index is 12.9. The molecule has 1 amide bonds. The maximum atomic E-state index is 12.9. The molecular formula is C21H30N2O2. The molecule has 4 heteroatoms. The van der Waals surface area contributed by atoms with Gasteiger partial charge in [-0.1, -0.05) is 38.1 Å². The van der Waals surface area contributed by atoms with Gasteiger partial charge in [-0.15, -0.1) is 0 Å². The standard InChI is InChI=1S/C21H30N2O2/c1-8-18(22-9-2)16-11-10-12-17(13-16)21(6,7)20(25)23-19(14(3)4)15(5)24/h8-14,19H,1-7H3,(H,23,25). The zero-order valence-electron chi connectivity index (χ0n) is 16.4. The molecule has 0 saturated carbocycles. The molecule has 1 unspecified atom stereocenters. The molecule has 0 bridgehead atoms. The minimum Gasteiger partial charge on any atom is -0.345 e. The lowest BCUT2D eigenvalue weighted by Gasteiger charge is -2.28. The molecule has 4 nitrogen and oxygen atoms in total. The first-order chi connectivity index (χ1) is 11.6. The van der Waals surface area contributed by atoms with Crippen molar-refractivity contribution in [3.63, 3.8) is 0 Å². The highest BCUT2D eigenvalue weighted by molar-refractivity contribution is 5.93. The Hall–Kier alpha value is -2.23. The number of hydrogen-bond acceptors (Lipinski definition) is 3. The topological polar surface area (TPSA) is 58.5 Å². The molecule has 1 aromatic rings. The second kappa shape index (κ2) is 8.75. The summed E-state index contributed by atoms with van der Waals surface area (Å²) < 4.78 is 0. The molecule has 0 spiro atoms. The lowest BCUT2D eigenvalue weighted by molar-refractivity contribution is -0.130. The van der Waals surface area contributed by atoms with E-state index in [9.17, 15) is 9.59 Å². The number of ketones is 1. The SMILES string of the molecule is CC=NC(=CC)c1cccc(C(C)(C)C(=O)NC(C(C)=O)C(C)C)c1. The Morgan fingerprint density at radius 1 is 1.20 bits per heavy atom. The molecule has 0 radical (unpaired) electrons. The first-order valence-corrected chi connectivity index (χ1v) is 8.72. The second-order valence-corrected chi connectivity index (χ2v) is 7.07. The van der Waals surface area contributed by atoms with Crippen molar-refractivity contribution in [2.75, 3.05) is 0 Å². The third kappa shape index (κ3) is 5.12. The average Bonchev–Trinajstić information content (AvgIpc) is 2.56. The molecule has 1 aromatic carbocycles. The fourth-order valence-corrected chi connectivity index (χ4v) is 2.71. The van der Waals surface area contributed by atoms with Gasteiger partial charge in [-0.05, 0) is 52.2 Å². The molecule has 1 N–H and O–H groups in total. The van der Waals surface area contributed by atoms with Crippen LogP contribution in [0.5, 0.6) is 0 Å². The van der Waals surface area contributed by atoms with Gasteiger partial charge < -0.3 is 5.32 Å². The largest absolute Gasteiger partial charge is 0.345 e. The Kier molecular flexibility index (Phi) is 7.28. The molecule has 1 atom stereocenters. The number of hydrogen-bond donors (Lipinski definition) is 1. The van der Waals surface area contributed by atoms with E-state index in [1.54, 1.807) is 6.21 Å². The monoisotopic (exact) mass is 342 g/mol. The minimum absolute atomic E-state index is 0.0265. The molecule has 25 heavy (non-hydrogen) atoms. The summed E-state index contributed by atoms with van der Waals surface area (Å²) in [5.41, 5.74) is 1.96. The number of Topliss-reactive ketones (excluding diaryl/α,β-unsaturated/α-hetero) is 1. The van der Waals surface area contributed by atoms with Crippen molar-refractivity contribution < 1.29 is 9.59 Å². The summed E-state index contributed by atoms with van der Waals surface area (Å²) in [6, 6.07) is 7.36. The van der Waals surface area contributed by atoms with Crippen molar-refractivity contribution in [1.29, 1.82) is 0 Å². The predicted octanol–water partition coefficient (Wildman–Crippen LogP) is 4.15. The number of nitrogens with zero attached hydrogens (tertiary/aromatic N) is 1. The van der Waals surface area contributed by atoms with Crippen LogP contribution in [0.15, 0.2) is 35.3 Å². The van der Waals surface area contributed by atoms with Gasteiger partial charge in [0.25, 0.3) is 0 Å². The molecule has 0 fully saturated rings. The fraction of sp³-hybridized carbons (Fsp3) is 0.476. The molecule has 0 heterocycles. The molecular weight excluding hydrogens is 312 g/mol. The predicted molar refractivity (Wildman–Crippen MR) is 105 cm³/mol. The van der Waals surface area contributed by atoms with Crippen LogP contribution in [0.2, 0.25) is 0 Å². The van der Waals surface area contributed by atoms with Crippen molar-refractivity contribution in [1.82, 2.24) is 5.32 Å². The summed E-state index contributed by atoms with van der Waals surface area (Å²) in [4.78, 5) is 29.0. The third-order valence-electron chi connectivity index (χ3n) is 4.38. The number of aliphatic imine (C=N–C) groups is 1. The number of nitrogens with one attached hydrogen (secondary N) is 1. The van der Waals surface area contributed by atoms with E-state index in [2.05, 4.69) is 10.3 Å². The Balaban J connectivity index is 3.17. The Labute approximate surface area is 151 Å². The summed E-state index contributed by atoms with van der Waals surface area (Å²) in [6.45, 7) is 12.9. The van der Waals surface area contributed by atoms with Gasteiger partial charge >= 0.3 is 0 Å². The van der Waals surface area contributed by atoms with Crippen molar-refractivity contribution in [2.45, 2.75) is 59.9 Å². The van der Waals surface area contributed by atoms with Crippen LogP contribution in [0.3, 0.4) is 0 Å². The Morgan fingerprint density at radius 2 is 1.84 bits per heavy atom. The van der Waals surface area contributed by atoms with Crippen molar-refractivity contribution >= 4 is 23.6 Å². The summed E-state index contributed by atoms with van der Waals surface area (Å²) >= 11 is 0. The van der Waals surface area contributed by atoms with Gasteiger partial charge in [0, 0.05) is 11.8 Å². The van der Waals surface area contributed by atoms with Gasteiger partial charge in [0.15, 0.2) is 5.78 Å². The highest BCUT2D eigenvalue weighted by Crippen LogP contribution is 2.27. The molecule has 0 aromatic heterocycles. The van der Waals surface area contributed by atoms with Crippen LogP contribution >= 0.6 is 0 Å². The van der Waals surface area contributed by atoms with E-state index in [4.69, 9.17) is 0 Å². The quantitative estimate of drug-likeness (QED) is 0.757. The fourth-order valence-electron chi connectivity index (χ4n) is 2.71.